The van der Waals surface area contributed by atoms with Crippen molar-refractivity contribution in [3.8, 4) is 0 Å². The predicted octanol–water partition coefficient (Wildman–Crippen LogP) is 2.10. The van der Waals surface area contributed by atoms with Crippen molar-refractivity contribution in [2.45, 2.75) is 38.0 Å². The predicted molar refractivity (Wildman–Crippen MR) is 77.4 cm³/mol. The summed E-state index contributed by atoms with van der Waals surface area (Å²) in [4.78, 5) is 4.12. The van der Waals surface area contributed by atoms with Gasteiger partial charge in [-0.25, -0.2) is 0 Å². The standard InChI is InChI=1S/C12H19BrN2O2S/c1-9(2)18(17)15-12(3,4-5-16)10-6-11(13)8-14-7-10/h6-9,15-16H,4-5H2,1-3H3/t12-,18?/m0/s1. The highest BCUT2D eigenvalue weighted by Crippen LogP contribution is 2.27. The largest absolute Gasteiger partial charge is 0.598 e. The zero-order valence-corrected chi connectivity index (χ0v) is 13.2. The quantitative estimate of drug-likeness (QED) is 0.782. The molecule has 4 nitrogen and oxygen atoms in total. The number of nitrogens with one attached hydrogen (secondary N) is 1. The topological polar surface area (TPSA) is 68.2 Å². The first-order valence-corrected chi connectivity index (χ1v) is 7.80. The van der Waals surface area contributed by atoms with Gasteiger partial charge >= 0.3 is 0 Å². The van der Waals surface area contributed by atoms with Gasteiger partial charge in [0.2, 0.25) is 0 Å². The average Bonchev–Trinajstić information content (AvgIpc) is 2.29. The lowest BCUT2D eigenvalue weighted by Crippen LogP contribution is -2.46. The summed E-state index contributed by atoms with van der Waals surface area (Å²) in [6.07, 6.45) is 3.90. The zero-order valence-electron chi connectivity index (χ0n) is 10.8. The normalized spacial score (nSPS) is 16.6. The molecule has 1 aromatic rings. The molecular formula is C12H19BrN2O2S. The molecule has 0 saturated heterocycles. The smallest absolute Gasteiger partial charge is 0.129 e. The molecule has 102 valence electrons. The molecule has 2 N–H and O–H groups in total. The molecule has 1 rings (SSSR count). The molecule has 2 atom stereocenters. The summed E-state index contributed by atoms with van der Waals surface area (Å²) in [6.45, 7) is 5.72. The van der Waals surface area contributed by atoms with Crippen molar-refractivity contribution in [3.05, 3.63) is 28.5 Å². The highest BCUT2D eigenvalue weighted by atomic mass is 79.9. The molecule has 0 bridgehead atoms. The van der Waals surface area contributed by atoms with Crippen LogP contribution in [0.15, 0.2) is 22.9 Å². The van der Waals surface area contributed by atoms with Gasteiger partial charge in [0, 0.05) is 34.8 Å². The van der Waals surface area contributed by atoms with Crippen LogP contribution in [0.25, 0.3) is 0 Å². The Morgan fingerprint density at radius 1 is 1.56 bits per heavy atom. The summed E-state index contributed by atoms with van der Waals surface area (Å²) >= 11 is 2.22. The first-order valence-electron chi connectivity index (χ1n) is 5.79. The minimum atomic E-state index is -1.15. The van der Waals surface area contributed by atoms with E-state index < -0.39 is 16.9 Å². The number of halogens is 1. The Kier molecular flexibility index (Phi) is 6.07. The summed E-state index contributed by atoms with van der Waals surface area (Å²) in [7, 11) is 0. The van der Waals surface area contributed by atoms with Crippen molar-refractivity contribution in [2.75, 3.05) is 6.61 Å². The van der Waals surface area contributed by atoms with Crippen LogP contribution in [0.3, 0.4) is 0 Å². The molecular weight excluding hydrogens is 316 g/mol. The summed E-state index contributed by atoms with van der Waals surface area (Å²) in [5.41, 5.74) is 0.348. The molecule has 1 aromatic heterocycles. The van der Waals surface area contributed by atoms with Gasteiger partial charge in [-0.2, -0.15) is 0 Å². The fourth-order valence-electron chi connectivity index (χ4n) is 1.53. The van der Waals surface area contributed by atoms with E-state index in [1.165, 1.54) is 0 Å². The minimum absolute atomic E-state index is 0.0168. The van der Waals surface area contributed by atoms with Crippen molar-refractivity contribution in [2.24, 2.45) is 0 Å². The Balaban J connectivity index is 2.99. The van der Waals surface area contributed by atoms with Gasteiger partial charge in [0.1, 0.15) is 5.25 Å². The van der Waals surface area contributed by atoms with E-state index in [9.17, 15) is 9.66 Å². The Labute approximate surface area is 120 Å². The van der Waals surface area contributed by atoms with E-state index in [0.717, 1.165) is 10.0 Å². The lowest BCUT2D eigenvalue weighted by Gasteiger charge is -2.31. The second-order valence-electron chi connectivity index (χ2n) is 4.65. The Morgan fingerprint density at radius 3 is 2.72 bits per heavy atom. The second-order valence-corrected chi connectivity index (χ2v) is 7.30. The summed E-state index contributed by atoms with van der Waals surface area (Å²) in [6, 6.07) is 1.92. The highest BCUT2D eigenvalue weighted by molar-refractivity contribution is 9.10. The molecule has 6 heteroatoms. The average molecular weight is 335 g/mol. The van der Waals surface area contributed by atoms with Crippen molar-refractivity contribution < 1.29 is 9.66 Å². The van der Waals surface area contributed by atoms with E-state index in [-0.39, 0.29) is 11.9 Å². The maximum absolute atomic E-state index is 12.0. The van der Waals surface area contributed by atoms with Crippen molar-refractivity contribution >= 4 is 27.3 Å². The summed E-state index contributed by atoms with van der Waals surface area (Å²) in [5, 5.41) is 9.23. The van der Waals surface area contributed by atoms with Crippen LogP contribution in [0.4, 0.5) is 0 Å². The van der Waals surface area contributed by atoms with Crippen LogP contribution in [0, 0.1) is 0 Å². The number of aromatic nitrogens is 1. The zero-order chi connectivity index (χ0) is 13.8. The number of hydrogen-bond acceptors (Lipinski definition) is 4. The van der Waals surface area contributed by atoms with Gasteiger partial charge < -0.3 is 9.66 Å². The molecule has 0 aliphatic heterocycles. The molecule has 0 spiro atoms. The molecule has 1 unspecified atom stereocenters. The number of rotatable bonds is 6. The van der Waals surface area contributed by atoms with E-state index >= 15 is 0 Å². The summed E-state index contributed by atoms with van der Waals surface area (Å²) < 4.78 is 15.9. The van der Waals surface area contributed by atoms with E-state index in [4.69, 9.17) is 0 Å². The number of pyridine rings is 1. The number of aliphatic hydroxyl groups is 1. The van der Waals surface area contributed by atoms with Gasteiger partial charge in [0.25, 0.3) is 0 Å². The van der Waals surface area contributed by atoms with Gasteiger partial charge in [-0.05, 0) is 54.8 Å². The lowest BCUT2D eigenvalue weighted by molar-refractivity contribution is 0.237. The number of hydrogen-bond donors (Lipinski definition) is 2. The molecule has 0 saturated carbocycles. The second kappa shape index (κ2) is 6.86. The van der Waals surface area contributed by atoms with Gasteiger partial charge in [0.05, 0.1) is 5.54 Å². The molecule has 0 amide bonds. The van der Waals surface area contributed by atoms with Crippen LogP contribution in [0.1, 0.15) is 32.8 Å². The molecule has 0 aliphatic carbocycles. The van der Waals surface area contributed by atoms with E-state index in [2.05, 4.69) is 25.6 Å². The number of nitrogens with zero attached hydrogens (tertiary/aromatic N) is 1. The van der Waals surface area contributed by atoms with E-state index in [0.29, 0.717) is 6.42 Å². The maximum atomic E-state index is 12.0. The van der Waals surface area contributed by atoms with Gasteiger partial charge in [-0.1, -0.05) is 0 Å². The highest BCUT2D eigenvalue weighted by Gasteiger charge is 2.32. The van der Waals surface area contributed by atoms with Crippen LogP contribution in [-0.4, -0.2) is 26.5 Å². The van der Waals surface area contributed by atoms with Crippen LogP contribution < -0.4 is 4.72 Å². The Bertz CT molecular complexity index is 392. The Morgan fingerprint density at radius 2 is 2.22 bits per heavy atom. The van der Waals surface area contributed by atoms with Crippen molar-refractivity contribution in [1.82, 2.24) is 9.71 Å². The van der Waals surface area contributed by atoms with E-state index in [1.807, 2.05) is 26.8 Å². The lowest BCUT2D eigenvalue weighted by atomic mass is 9.91. The van der Waals surface area contributed by atoms with Crippen LogP contribution >= 0.6 is 15.9 Å². The maximum Gasteiger partial charge on any atom is 0.129 e. The van der Waals surface area contributed by atoms with Crippen LogP contribution in [0.5, 0.6) is 0 Å². The first-order chi connectivity index (χ1) is 8.39. The molecule has 0 radical (unpaired) electrons. The van der Waals surface area contributed by atoms with Crippen molar-refractivity contribution in [1.29, 1.82) is 0 Å². The van der Waals surface area contributed by atoms with Gasteiger partial charge in [0.15, 0.2) is 0 Å². The fraction of sp³-hybridized carbons (Fsp3) is 0.583. The molecule has 0 aromatic carbocycles. The minimum Gasteiger partial charge on any atom is -0.598 e. The monoisotopic (exact) mass is 334 g/mol. The molecule has 18 heavy (non-hydrogen) atoms. The van der Waals surface area contributed by atoms with E-state index in [1.54, 1.807) is 12.4 Å². The third-order valence-electron chi connectivity index (χ3n) is 2.71. The number of aliphatic hydroxyl groups excluding tert-OH is 1. The third kappa shape index (κ3) is 4.20. The van der Waals surface area contributed by atoms with Crippen LogP contribution in [0.2, 0.25) is 0 Å². The van der Waals surface area contributed by atoms with Gasteiger partial charge in [-0.3, -0.25) is 4.98 Å². The van der Waals surface area contributed by atoms with Crippen molar-refractivity contribution in [3.63, 3.8) is 0 Å². The molecule has 1 heterocycles. The van der Waals surface area contributed by atoms with Crippen LogP contribution in [-0.2, 0) is 16.9 Å². The molecule has 0 aliphatic rings. The summed E-state index contributed by atoms with van der Waals surface area (Å²) in [5.74, 6) is 0. The molecule has 0 fully saturated rings. The first kappa shape index (κ1) is 15.9. The fourth-order valence-corrected chi connectivity index (χ4v) is 2.80. The SMILES string of the molecule is CC(C)[S+]([O-])N[C@@](C)(CCO)c1cncc(Br)c1. The third-order valence-corrected chi connectivity index (χ3v) is 4.65. The Hall–Kier alpha value is -0.140. The van der Waals surface area contributed by atoms with Gasteiger partial charge in [-0.15, -0.1) is 4.72 Å².